The van der Waals surface area contributed by atoms with Crippen LogP contribution in [-0.2, 0) is 9.53 Å². The predicted molar refractivity (Wildman–Crippen MR) is 42.2 cm³/mol. The van der Waals surface area contributed by atoms with Gasteiger partial charge in [-0.25, -0.2) is 0 Å². The molecule has 0 radical (unpaired) electrons. The molecular weight excluding hydrogens is 142 g/mol. The molecule has 1 N–H and O–H groups in total. The third-order valence-electron chi connectivity index (χ3n) is 2.14. The SMILES string of the molecule is CCOC(=O)[C@]1(C)CCNC1. The first-order chi connectivity index (χ1) is 5.19. The number of esters is 1. The second-order valence-electron chi connectivity index (χ2n) is 3.21. The first-order valence-corrected chi connectivity index (χ1v) is 4.07. The highest BCUT2D eigenvalue weighted by molar-refractivity contribution is 5.77. The fourth-order valence-corrected chi connectivity index (χ4v) is 1.30. The average molecular weight is 157 g/mol. The summed E-state index contributed by atoms with van der Waals surface area (Å²) in [4.78, 5) is 11.3. The van der Waals surface area contributed by atoms with Crippen molar-refractivity contribution in [2.45, 2.75) is 20.3 Å². The molecule has 1 saturated heterocycles. The van der Waals surface area contributed by atoms with E-state index in [0.29, 0.717) is 6.61 Å². The van der Waals surface area contributed by atoms with Gasteiger partial charge in [0, 0.05) is 6.54 Å². The molecule has 3 heteroatoms. The highest BCUT2D eigenvalue weighted by Crippen LogP contribution is 2.25. The monoisotopic (exact) mass is 157 g/mol. The standard InChI is InChI=1S/C8H15NO2/c1-3-11-7(10)8(2)4-5-9-6-8/h9H,3-6H2,1-2H3/t8-/m1/s1. The number of hydrogen-bond acceptors (Lipinski definition) is 3. The van der Waals surface area contributed by atoms with Crippen molar-refractivity contribution in [3.05, 3.63) is 0 Å². The van der Waals surface area contributed by atoms with Gasteiger partial charge >= 0.3 is 5.97 Å². The van der Waals surface area contributed by atoms with E-state index in [2.05, 4.69) is 5.32 Å². The minimum Gasteiger partial charge on any atom is -0.466 e. The van der Waals surface area contributed by atoms with Crippen LogP contribution in [-0.4, -0.2) is 25.7 Å². The molecule has 1 rings (SSSR count). The second-order valence-corrected chi connectivity index (χ2v) is 3.21. The molecule has 1 heterocycles. The van der Waals surface area contributed by atoms with Crippen LogP contribution in [0.2, 0.25) is 0 Å². The van der Waals surface area contributed by atoms with Crippen molar-refractivity contribution in [3.8, 4) is 0 Å². The van der Waals surface area contributed by atoms with Gasteiger partial charge in [-0.2, -0.15) is 0 Å². The lowest BCUT2D eigenvalue weighted by Gasteiger charge is -2.19. The normalized spacial score (nSPS) is 30.4. The quantitative estimate of drug-likeness (QED) is 0.595. The zero-order valence-electron chi connectivity index (χ0n) is 7.14. The highest BCUT2D eigenvalue weighted by atomic mass is 16.5. The summed E-state index contributed by atoms with van der Waals surface area (Å²) < 4.78 is 4.95. The molecule has 0 spiro atoms. The summed E-state index contributed by atoms with van der Waals surface area (Å²) in [6.07, 6.45) is 0.895. The predicted octanol–water partition coefficient (Wildman–Crippen LogP) is 0.549. The number of rotatable bonds is 2. The first-order valence-electron chi connectivity index (χ1n) is 4.07. The number of carbonyl (C=O) groups is 1. The van der Waals surface area contributed by atoms with Crippen molar-refractivity contribution in [1.29, 1.82) is 0 Å². The summed E-state index contributed by atoms with van der Waals surface area (Å²) in [7, 11) is 0. The lowest BCUT2D eigenvalue weighted by Crippen LogP contribution is -2.31. The molecule has 0 amide bonds. The van der Waals surface area contributed by atoms with Gasteiger partial charge in [-0.3, -0.25) is 4.79 Å². The Morgan fingerprint density at radius 2 is 2.45 bits per heavy atom. The Bertz CT molecular complexity index is 150. The molecule has 0 aromatic carbocycles. The Kier molecular flexibility index (Phi) is 2.49. The van der Waals surface area contributed by atoms with Crippen LogP contribution in [0.1, 0.15) is 20.3 Å². The molecule has 11 heavy (non-hydrogen) atoms. The van der Waals surface area contributed by atoms with Crippen LogP contribution in [0, 0.1) is 5.41 Å². The van der Waals surface area contributed by atoms with Crippen molar-refractivity contribution in [2.75, 3.05) is 19.7 Å². The minimum atomic E-state index is -0.268. The zero-order valence-corrected chi connectivity index (χ0v) is 7.14. The Morgan fingerprint density at radius 3 is 2.91 bits per heavy atom. The third kappa shape index (κ3) is 1.71. The molecule has 1 fully saturated rings. The summed E-state index contributed by atoms with van der Waals surface area (Å²) >= 11 is 0. The molecule has 0 aromatic rings. The fraction of sp³-hybridized carbons (Fsp3) is 0.875. The van der Waals surface area contributed by atoms with Crippen LogP contribution < -0.4 is 5.32 Å². The number of carbonyl (C=O) groups excluding carboxylic acids is 1. The molecule has 64 valence electrons. The summed E-state index contributed by atoms with van der Waals surface area (Å²) in [5, 5.41) is 3.15. The Balaban J connectivity index is 2.49. The Morgan fingerprint density at radius 1 is 1.73 bits per heavy atom. The highest BCUT2D eigenvalue weighted by Gasteiger charge is 2.37. The zero-order chi connectivity index (χ0) is 8.32. The maximum absolute atomic E-state index is 11.3. The van der Waals surface area contributed by atoms with Crippen molar-refractivity contribution >= 4 is 5.97 Å². The molecule has 0 bridgehead atoms. The number of nitrogens with one attached hydrogen (secondary N) is 1. The Hall–Kier alpha value is -0.570. The van der Waals surface area contributed by atoms with Crippen LogP contribution >= 0.6 is 0 Å². The van der Waals surface area contributed by atoms with E-state index in [1.165, 1.54) is 0 Å². The van der Waals surface area contributed by atoms with Crippen molar-refractivity contribution in [1.82, 2.24) is 5.32 Å². The maximum atomic E-state index is 11.3. The van der Waals surface area contributed by atoms with E-state index in [4.69, 9.17) is 4.74 Å². The van der Waals surface area contributed by atoms with Crippen LogP contribution in [0.3, 0.4) is 0 Å². The second kappa shape index (κ2) is 3.22. The van der Waals surface area contributed by atoms with E-state index >= 15 is 0 Å². The molecule has 0 aromatic heterocycles. The molecule has 3 nitrogen and oxygen atoms in total. The molecule has 0 aliphatic carbocycles. The number of hydrogen-bond donors (Lipinski definition) is 1. The van der Waals surface area contributed by atoms with E-state index in [1.807, 2.05) is 13.8 Å². The molecule has 1 aliphatic rings. The molecule has 0 unspecified atom stereocenters. The van der Waals surface area contributed by atoms with Crippen molar-refractivity contribution < 1.29 is 9.53 Å². The van der Waals surface area contributed by atoms with E-state index in [-0.39, 0.29) is 11.4 Å². The van der Waals surface area contributed by atoms with Gasteiger partial charge in [0.1, 0.15) is 0 Å². The summed E-state index contributed by atoms with van der Waals surface area (Å²) in [6, 6.07) is 0. The fourth-order valence-electron chi connectivity index (χ4n) is 1.30. The maximum Gasteiger partial charge on any atom is 0.313 e. The molecule has 0 saturated carbocycles. The van der Waals surface area contributed by atoms with Gasteiger partial charge in [-0.15, -0.1) is 0 Å². The van der Waals surface area contributed by atoms with Gasteiger partial charge in [0.2, 0.25) is 0 Å². The van der Waals surface area contributed by atoms with Gasteiger partial charge in [0.15, 0.2) is 0 Å². The van der Waals surface area contributed by atoms with Gasteiger partial charge < -0.3 is 10.1 Å². The van der Waals surface area contributed by atoms with Gasteiger partial charge in [0.05, 0.1) is 12.0 Å². The smallest absolute Gasteiger partial charge is 0.313 e. The minimum absolute atomic E-state index is 0.0648. The summed E-state index contributed by atoms with van der Waals surface area (Å²) in [5.74, 6) is -0.0648. The Labute approximate surface area is 67.1 Å². The average Bonchev–Trinajstić information content (AvgIpc) is 2.38. The van der Waals surface area contributed by atoms with E-state index in [0.717, 1.165) is 19.5 Å². The molecule has 1 atom stereocenters. The summed E-state index contributed by atoms with van der Waals surface area (Å²) in [5.41, 5.74) is -0.268. The van der Waals surface area contributed by atoms with Crippen LogP contribution in [0.5, 0.6) is 0 Å². The van der Waals surface area contributed by atoms with Crippen LogP contribution in [0.4, 0.5) is 0 Å². The van der Waals surface area contributed by atoms with Gasteiger partial charge in [-0.05, 0) is 26.8 Å². The van der Waals surface area contributed by atoms with Crippen LogP contribution in [0.15, 0.2) is 0 Å². The van der Waals surface area contributed by atoms with Crippen molar-refractivity contribution in [2.24, 2.45) is 5.41 Å². The van der Waals surface area contributed by atoms with E-state index < -0.39 is 0 Å². The summed E-state index contributed by atoms with van der Waals surface area (Å²) in [6.45, 7) is 5.95. The van der Waals surface area contributed by atoms with Gasteiger partial charge in [0.25, 0.3) is 0 Å². The lowest BCUT2D eigenvalue weighted by atomic mass is 9.90. The number of ether oxygens (including phenoxy) is 1. The third-order valence-corrected chi connectivity index (χ3v) is 2.14. The first kappa shape index (κ1) is 8.53. The van der Waals surface area contributed by atoms with Crippen molar-refractivity contribution in [3.63, 3.8) is 0 Å². The van der Waals surface area contributed by atoms with Gasteiger partial charge in [-0.1, -0.05) is 0 Å². The molecular formula is C8H15NO2. The van der Waals surface area contributed by atoms with E-state index in [9.17, 15) is 4.79 Å². The largest absolute Gasteiger partial charge is 0.466 e. The topological polar surface area (TPSA) is 38.3 Å². The van der Waals surface area contributed by atoms with E-state index in [1.54, 1.807) is 0 Å². The molecule has 1 aliphatic heterocycles. The van der Waals surface area contributed by atoms with Crippen LogP contribution in [0.25, 0.3) is 0 Å². The lowest BCUT2D eigenvalue weighted by molar-refractivity contribution is -0.153.